The maximum absolute atomic E-state index is 13.9. The Bertz CT molecular complexity index is 569. The van der Waals surface area contributed by atoms with Crippen LogP contribution in [-0.2, 0) is 9.53 Å². The molecule has 2 rings (SSSR count). The summed E-state index contributed by atoms with van der Waals surface area (Å²) in [6, 6.07) is 3.71. The normalized spacial score (nSPS) is 17.3. The minimum absolute atomic E-state index is 0.0105. The lowest BCUT2D eigenvalue weighted by atomic mass is 10.1. The highest BCUT2D eigenvalue weighted by Crippen LogP contribution is 2.22. The summed E-state index contributed by atoms with van der Waals surface area (Å²) in [5.41, 5.74) is 5.16. The van der Waals surface area contributed by atoms with Crippen molar-refractivity contribution in [1.29, 1.82) is 0 Å². The number of anilines is 1. The highest BCUT2D eigenvalue weighted by atomic mass is 19.1. The minimum Gasteiger partial charge on any atom is -0.366 e. The molecule has 1 aliphatic carbocycles. The van der Waals surface area contributed by atoms with Crippen LogP contribution in [-0.4, -0.2) is 24.0 Å². The maximum atomic E-state index is 13.9. The molecule has 0 aliphatic heterocycles. The van der Waals surface area contributed by atoms with Crippen LogP contribution in [0.3, 0.4) is 0 Å². The Morgan fingerprint density at radius 2 is 1.91 bits per heavy atom. The summed E-state index contributed by atoms with van der Waals surface area (Å²) in [7, 11) is 0. The number of hydrogen-bond donors (Lipinski definition) is 2. The second kappa shape index (κ2) is 8.06. The molecule has 0 saturated heterocycles. The molecule has 1 aliphatic rings. The lowest BCUT2D eigenvalue weighted by Gasteiger charge is -2.20. The molecule has 3 N–H and O–H groups in total. The quantitative estimate of drug-likeness (QED) is 0.818. The molecule has 1 aromatic rings. The van der Waals surface area contributed by atoms with E-state index in [2.05, 4.69) is 5.32 Å². The molecule has 126 valence electrons. The molecular formula is C17H23FN2O3. The number of carbonyl (C=O) groups is 2. The number of benzene rings is 1. The number of nitrogens with two attached hydrogens (primary N) is 1. The van der Waals surface area contributed by atoms with E-state index >= 15 is 0 Å². The number of primary amides is 1. The predicted octanol–water partition coefficient (Wildman–Crippen LogP) is 2.99. The first-order valence-electron chi connectivity index (χ1n) is 8.03. The van der Waals surface area contributed by atoms with Crippen LogP contribution >= 0.6 is 0 Å². The zero-order chi connectivity index (χ0) is 16.8. The number of carbonyl (C=O) groups excluding carboxylic acids is 2. The van der Waals surface area contributed by atoms with E-state index in [1.807, 2.05) is 0 Å². The Hall–Kier alpha value is -1.95. The number of halogens is 1. The third-order valence-corrected chi connectivity index (χ3v) is 4.08. The fourth-order valence-corrected chi connectivity index (χ4v) is 2.73. The Morgan fingerprint density at radius 1 is 1.26 bits per heavy atom. The molecule has 23 heavy (non-hydrogen) atoms. The molecule has 5 nitrogen and oxygen atoms in total. The topological polar surface area (TPSA) is 81.4 Å². The van der Waals surface area contributed by atoms with Gasteiger partial charge < -0.3 is 15.8 Å². The highest BCUT2D eigenvalue weighted by Gasteiger charge is 2.21. The van der Waals surface area contributed by atoms with Gasteiger partial charge in [0.1, 0.15) is 11.9 Å². The summed E-state index contributed by atoms with van der Waals surface area (Å²) in [6.07, 6.45) is 5.98. The van der Waals surface area contributed by atoms with Crippen LogP contribution in [0.4, 0.5) is 10.1 Å². The second-order valence-corrected chi connectivity index (χ2v) is 5.94. The molecule has 0 bridgehead atoms. The molecule has 0 spiro atoms. The average molecular weight is 322 g/mol. The molecule has 1 fully saturated rings. The van der Waals surface area contributed by atoms with Crippen molar-refractivity contribution >= 4 is 17.5 Å². The Labute approximate surface area is 135 Å². The molecule has 1 unspecified atom stereocenters. The minimum atomic E-state index is -0.716. The van der Waals surface area contributed by atoms with E-state index in [0.717, 1.165) is 31.7 Å². The molecular weight excluding hydrogens is 299 g/mol. The first-order valence-corrected chi connectivity index (χ1v) is 8.03. The van der Waals surface area contributed by atoms with Crippen molar-refractivity contribution in [2.24, 2.45) is 5.73 Å². The van der Waals surface area contributed by atoms with Crippen molar-refractivity contribution in [2.75, 3.05) is 5.32 Å². The van der Waals surface area contributed by atoms with Crippen LogP contribution in [0.5, 0.6) is 0 Å². The summed E-state index contributed by atoms with van der Waals surface area (Å²) in [5, 5.41) is 2.49. The maximum Gasteiger partial charge on any atom is 0.253 e. The predicted molar refractivity (Wildman–Crippen MR) is 85.6 cm³/mol. The van der Waals surface area contributed by atoms with E-state index in [9.17, 15) is 14.0 Å². The molecule has 1 aromatic carbocycles. The first-order chi connectivity index (χ1) is 11.0. The van der Waals surface area contributed by atoms with Crippen molar-refractivity contribution in [3.05, 3.63) is 29.6 Å². The number of ether oxygens (including phenoxy) is 1. The van der Waals surface area contributed by atoms with Crippen LogP contribution in [0.2, 0.25) is 0 Å². The summed E-state index contributed by atoms with van der Waals surface area (Å²) < 4.78 is 19.7. The van der Waals surface area contributed by atoms with Gasteiger partial charge in [-0.2, -0.15) is 0 Å². The lowest BCUT2D eigenvalue weighted by Crippen LogP contribution is -2.31. The highest BCUT2D eigenvalue weighted by molar-refractivity contribution is 5.96. The van der Waals surface area contributed by atoms with Crippen molar-refractivity contribution in [3.8, 4) is 0 Å². The van der Waals surface area contributed by atoms with Crippen molar-refractivity contribution < 1.29 is 18.7 Å². The van der Waals surface area contributed by atoms with E-state index in [1.54, 1.807) is 6.92 Å². The van der Waals surface area contributed by atoms with Gasteiger partial charge in [-0.25, -0.2) is 4.39 Å². The van der Waals surface area contributed by atoms with Crippen LogP contribution in [0.15, 0.2) is 18.2 Å². The third kappa shape index (κ3) is 5.03. The zero-order valence-electron chi connectivity index (χ0n) is 13.3. The van der Waals surface area contributed by atoms with Gasteiger partial charge in [-0.05, 0) is 38.0 Å². The summed E-state index contributed by atoms with van der Waals surface area (Å²) in [6.45, 7) is 1.66. The Kier molecular flexibility index (Phi) is 6.10. The summed E-state index contributed by atoms with van der Waals surface area (Å²) in [4.78, 5) is 23.1. The smallest absolute Gasteiger partial charge is 0.253 e. The zero-order valence-corrected chi connectivity index (χ0v) is 13.3. The lowest BCUT2D eigenvalue weighted by molar-refractivity contribution is -0.130. The van der Waals surface area contributed by atoms with Crippen molar-refractivity contribution in [3.63, 3.8) is 0 Å². The monoisotopic (exact) mass is 322 g/mol. The van der Waals surface area contributed by atoms with Gasteiger partial charge in [0.2, 0.25) is 5.91 Å². The van der Waals surface area contributed by atoms with Crippen LogP contribution in [0.1, 0.15) is 55.8 Å². The standard InChI is InChI=1S/C17H23FN2O3/c1-11(23-13-6-4-2-3-5-7-13)17(22)20-15-9-8-12(16(19)21)10-14(15)18/h8-11,13H,2-7H2,1H3,(H2,19,21)(H,20,22). The summed E-state index contributed by atoms with van der Waals surface area (Å²) >= 11 is 0. The number of rotatable bonds is 5. The Morgan fingerprint density at radius 3 is 2.48 bits per heavy atom. The van der Waals surface area contributed by atoms with E-state index in [-0.39, 0.29) is 17.4 Å². The van der Waals surface area contributed by atoms with E-state index in [0.29, 0.717) is 0 Å². The van der Waals surface area contributed by atoms with Gasteiger partial charge >= 0.3 is 0 Å². The van der Waals surface area contributed by atoms with Crippen molar-refractivity contribution in [1.82, 2.24) is 0 Å². The summed E-state index contributed by atoms with van der Waals surface area (Å²) in [5.74, 6) is -1.82. The molecule has 0 aromatic heterocycles. The number of hydrogen-bond acceptors (Lipinski definition) is 3. The molecule has 1 atom stereocenters. The van der Waals surface area contributed by atoms with Gasteiger partial charge in [0.05, 0.1) is 11.8 Å². The van der Waals surface area contributed by atoms with Gasteiger partial charge in [0.25, 0.3) is 5.91 Å². The fourth-order valence-electron chi connectivity index (χ4n) is 2.73. The third-order valence-electron chi connectivity index (χ3n) is 4.08. The van der Waals surface area contributed by atoms with E-state index < -0.39 is 23.7 Å². The fraction of sp³-hybridized carbons (Fsp3) is 0.529. The van der Waals surface area contributed by atoms with Crippen LogP contribution in [0, 0.1) is 5.82 Å². The van der Waals surface area contributed by atoms with Gasteiger partial charge in [0.15, 0.2) is 0 Å². The molecule has 1 saturated carbocycles. The van der Waals surface area contributed by atoms with E-state index in [4.69, 9.17) is 10.5 Å². The van der Waals surface area contributed by atoms with Gasteiger partial charge in [-0.3, -0.25) is 9.59 Å². The number of nitrogens with one attached hydrogen (secondary N) is 1. The van der Waals surface area contributed by atoms with Gasteiger partial charge in [-0.1, -0.05) is 25.7 Å². The molecule has 2 amide bonds. The van der Waals surface area contributed by atoms with Crippen LogP contribution in [0.25, 0.3) is 0 Å². The average Bonchev–Trinajstić information content (AvgIpc) is 2.77. The second-order valence-electron chi connectivity index (χ2n) is 5.94. The van der Waals surface area contributed by atoms with Gasteiger partial charge in [-0.15, -0.1) is 0 Å². The molecule has 0 heterocycles. The van der Waals surface area contributed by atoms with E-state index in [1.165, 1.54) is 25.0 Å². The number of amides is 2. The molecule has 0 radical (unpaired) electrons. The van der Waals surface area contributed by atoms with Gasteiger partial charge in [0, 0.05) is 5.56 Å². The SMILES string of the molecule is CC(OC1CCCCCC1)C(=O)Nc1ccc(C(N)=O)cc1F. The largest absolute Gasteiger partial charge is 0.366 e. The van der Waals surface area contributed by atoms with Crippen molar-refractivity contribution in [2.45, 2.75) is 57.7 Å². The van der Waals surface area contributed by atoms with Crippen LogP contribution < -0.4 is 11.1 Å². The molecule has 6 heteroatoms. The first kappa shape index (κ1) is 17.4. The Balaban J connectivity index is 1.93.